The van der Waals surface area contributed by atoms with E-state index in [2.05, 4.69) is 19.9 Å². The van der Waals surface area contributed by atoms with E-state index in [0.717, 1.165) is 17.7 Å². The minimum Gasteiger partial charge on any atom is -0.493 e. The van der Waals surface area contributed by atoms with Gasteiger partial charge in [0.1, 0.15) is 5.75 Å². The molecule has 0 amide bonds. The first-order valence-electron chi connectivity index (χ1n) is 6.78. The third kappa shape index (κ3) is 5.71. The Morgan fingerprint density at radius 2 is 1.90 bits per heavy atom. The van der Waals surface area contributed by atoms with E-state index in [-0.39, 0.29) is 5.75 Å². The van der Waals surface area contributed by atoms with Crippen LogP contribution in [-0.2, 0) is 9.05 Å². The number of halogens is 1. The monoisotopic (exact) mass is 318 g/mol. The van der Waals surface area contributed by atoms with Crippen molar-refractivity contribution >= 4 is 19.7 Å². The van der Waals surface area contributed by atoms with Crippen molar-refractivity contribution in [1.29, 1.82) is 0 Å². The first-order valence-corrected chi connectivity index (χ1v) is 9.26. The van der Waals surface area contributed by atoms with E-state index >= 15 is 0 Å². The molecule has 1 atom stereocenters. The Labute approximate surface area is 126 Å². The van der Waals surface area contributed by atoms with Gasteiger partial charge < -0.3 is 4.74 Å². The van der Waals surface area contributed by atoms with E-state index in [0.29, 0.717) is 12.5 Å². The minimum atomic E-state index is -3.53. The highest BCUT2D eigenvalue weighted by Gasteiger charge is 2.26. The van der Waals surface area contributed by atoms with Crippen LogP contribution in [0.25, 0.3) is 0 Å². The predicted molar refractivity (Wildman–Crippen MR) is 84.1 cm³/mol. The summed E-state index contributed by atoms with van der Waals surface area (Å²) in [6, 6.07) is 7.89. The molecule has 0 N–H and O–H groups in total. The molecule has 0 spiro atoms. The van der Waals surface area contributed by atoms with Crippen LogP contribution in [-0.4, -0.2) is 20.8 Å². The summed E-state index contributed by atoms with van der Waals surface area (Å²) < 4.78 is 28.2. The van der Waals surface area contributed by atoms with Crippen LogP contribution in [0.5, 0.6) is 5.75 Å². The first-order chi connectivity index (χ1) is 9.14. The van der Waals surface area contributed by atoms with Gasteiger partial charge in [0, 0.05) is 16.1 Å². The molecule has 0 saturated heterocycles. The van der Waals surface area contributed by atoms with E-state index in [1.54, 1.807) is 0 Å². The molecule has 1 unspecified atom stereocenters. The predicted octanol–water partition coefficient (Wildman–Crippen LogP) is 4.17. The zero-order valence-corrected chi connectivity index (χ0v) is 14.1. The topological polar surface area (TPSA) is 43.4 Å². The molecule has 0 heterocycles. The van der Waals surface area contributed by atoms with Crippen molar-refractivity contribution in [2.24, 2.45) is 5.41 Å². The molecule has 0 aliphatic heterocycles. The van der Waals surface area contributed by atoms with Crippen molar-refractivity contribution in [3.05, 3.63) is 29.8 Å². The van der Waals surface area contributed by atoms with Crippen molar-refractivity contribution < 1.29 is 13.2 Å². The third-order valence-electron chi connectivity index (χ3n) is 3.24. The number of ether oxygens (including phenoxy) is 1. The highest BCUT2D eigenvalue weighted by atomic mass is 35.7. The lowest BCUT2D eigenvalue weighted by Crippen LogP contribution is -2.28. The van der Waals surface area contributed by atoms with E-state index in [1.165, 1.54) is 0 Å². The molecule has 20 heavy (non-hydrogen) atoms. The highest BCUT2D eigenvalue weighted by Crippen LogP contribution is 2.30. The Bertz CT molecular complexity index is 538. The standard InChI is InChI=1S/C15H23ClO3S/c1-5-12(2)13-8-6-7-9-14(13)19-10-15(3,4)11-20(16,17)18/h6-9,12H,5,10-11H2,1-4H3. The highest BCUT2D eigenvalue weighted by molar-refractivity contribution is 8.13. The van der Waals surface area contributed by atoms with Gasteiger partial charge in [-0.25, -0.2) is 8.42 Å². The molecule has 0 aliphatic carbocycles. The van der Waals surface area contributed by atoms with Gasteiger partial charge in [-0.15, -0.1) is 0 Å². The molecule has 1 rings (SSSR count). The van der Waals surface area contributed by atoms with Crippen molar-refractivity contribution in [3.63, 3.8) is 0 Å². The van der Waals surface area contributed by atoms with Crippen molar-refractivity contribution in [3.8, 4) is 5.75 Å². The summed E-state index contributed by atoms with van der Waals surface area (Å²) in [7, 11) is 1.80. The maximum Gasteiger partial charge on any atom is 0.233 e. The number of hydrogen-bond donors (Lipinski definition) is 0. The maximum atomic E-state index is 11.2. The SMILES string of the molecule is CCC(C)c1ccccc1OCC(C)(C)CS(=O)(=O)Cl. The smallest absolute Gasteiger partial charge is 0.233 e. The molecule has 5 heteroatoms. The van der Waals surface area contributed by atoms with Gasteiger partial charge >= 0.3 is 0 Å². The summed E-state index contributed by atoms with van der Waals surface area (Å²) in [5, 5.41) is 0. The second-order valence-electron chi connectivity index (χ2n) is 5.98. The van der Waals surface area contributed by atoms with Gasteiger partial charge in [-0.3, -0.25) is 0 Å². The van der Waals surface area contributed by atoms with Gasteiger partial charge in [0.15, 0.2) is 0 Å². The average molecular weight is 319 g/mol. The van der Waals surface area contributed by atoms with Gasteiger partial charge in [-0.2, -0.15) is 0 Å². The summed E-state index contributed by atoms with van der Waals surface area (Å²) in [5.74, 6) is 1.13. The molecule has 3 nitrogen and oxygen atoms in total. The molecule has 0 saturated carbocycles. The third-order valence-corrected chi connectivity index (χ3v) is 4.70. The Kier molecular flexibility index (Phi) is 5.90. The lowest BCUT2D eigenvalue weighted by Gasteiger charge is -2.24. The normalized spacial score (nSPS) is 14.1. The van der Waals surface area contributed by atoms with Crippen LogP contribution in [0.3, 0.4) is 0 Å². The summed E-state index contributed by atoms with van der Waals surface area (Å²) in [4.78, 5) is 0. The van der Waals surface area contributed by atoms with Crippen molar-refractivity contribution in [2.75, 3.05) is 12.4 Å². The molecule has 0 aliphatic rings. The Hall–Kier alpha value is -0.740. The molecule has 0 fully saturated rings. The van der Waals surface area contributed by atoms with Gasteiger partial charge in [-0.1, -0.05) is 45.9 Å². The number of rotatable bonds is 7. The maximum absolute atomic E-state index is 11.2. The van der Waals surface area contributed by atoms with Crippen LogP contribution >= 0.6 is 10.7 Å². The van der Waals surface area contributed by atoms with Crippen LogP contribution in [0.15, 0.2) is 24.3 Å². The fourth-order valence-corrected chi connectivity index (χ4v) is 3.92. The molecule has 0 radical (unpaired) electrons. The zero-order valence-electron chi connectivity index (χ0n) is 12.5. The van der Waals surface area contributed by atoms with Gasteiger partial charge in [0.2, 0.25) is 9.05 Å². The molecule has 1 aromatic carbocycles. The van der Waals surface area contributed by atoms with Crippen LogP contribution < -0.4 is 4.74 Å². The van der Waals surface area contributed by atoms with Crippen LogP contribution in [0.2, 0.25) is 0 Å². The number of para-hydroxylation sites is 1. The fraction of sp³-hybridized carbons (Fsp3) is 0.600. The summed E-state index contributed by atoms with van der Waals surface area (Å²) in [5.41, 5.74) is 0.628. The Morgan fingerprint density at radius 3 is 2.45 bits per heavy atom. The summed E-state index contributed by atoms with van der Waals surface area (Å²) in [6.45, 7) is 8.26. The second kappa shape index (κ2) is 6.81. The second-order valence-corrected chi connectivity index (χ2v) is 8.76. The summed E-state index contributed by atoms with van der Waals surface area (Å²) >= 11 is 0. The van der Waals surface area contributed by atoms with E-state index in [9.17, 15) is 8.42 Å². The van der Waals surface area contributed by atoms with Crippen LogP contribution in [0.1, 0.15) is 45.6 Å². The molecule has 1 aromatic rings. The first kappa shape index (κ1) is 17.3. The van der Waals surface area contributed by atoms with Gasteiger partial charge in [0.25, 0.3) is 0 Å². The lowest BCUT2D eigenvalue weighted by atomic mass is 9.96. The van der Waals surface area contributed by atoms with Crippen LogP contribution in [0, 0.1) is 5.41 Å². The Morgan fingerprint density at radius 1 is 1.30 bits per heavy atom. The molecule has 0 aromatic heterocycles. The van der Waals surface area contributed by atoms with Gasteiger partial charge in [-0.05, 0) is 24.0 Å². The van der Waals surface area contributed by atoms with Crippen LogP contribution in [0.4, 0.5) is 0 Å². The van der Waals surface area contributed by atoms with Crippen molar-refractivity contribution in [1.82, 2.24) is 0 Å². The molecular weight excluding hydrogens is 296 g/mol. The van der Waals surface area contributed by atoms with E-state index in [4.69, 9.17) is 15.4 Å². The molecular formula is C15H23ClO3S. The fourth-order valence-electron chi connectivity index (χ4n) is 2.02. The van der Waals surface area contributed by atoms with Gasteiger partial charge in [0.05, 0.1) is 12.4 Å². The minimum absolute atomic E-state index is 0.104. The summed E-state index contributed by atoms with van der Waals surface area (Å²) in [6.07, 6.45) is 1.03. The lowest BCUT2D eigenvalue weighted by molar-refractivity contribution is 0.198. The molecule has 114 valence electrons. The number of benzene rings is 1. The van der Waals surface area contributed by atoms with E-state index < -0.39 is 14.5 Å². The van der Waals surface area contributed by atoms with E-state index in [1.807, 2.05) is 32.0 Å². The largest absolute Gasteiger partial charge is 0.493 e. The quantitative estimate of drug-likeness (QED) is 0.708. The average Bonchev–Trinajstić information content (AvgIpc) is 2.33. The number of hydrogen-bond acceptors (Lipinski definition) is 3. The molecule has 0 bridgehead atoms. The Balaban J connectivity index is 2.80. The van der Waals surface area contributed by atoms with Crippen molar-refractivity contribution in [2.45, 2.75) is 40.0 Å². The zero-order chi connectivity index (χ0) is 15.4.